The summed E-state index contributed by atoms with van der Waals surface area (Å²) in [5.74, 6) is -0.0562. The molecule has 26 heavy (non-hydrogen) atoms. The summed E-state index contributed by atoms with van der Waals surface area (Å²) in [6, 6.07) is 17.6. The molecule has 1 aliphatic heterocycles. The minimum atomic E-state index is -1.02. The Bertz CT molecular complexity index is 802. The molecule has 4 heteroatoms. The Labute approximate surface area is 154 Å². The van der Waals surface area contributed by atoms with Crippen molar-refractivity contribution in [3.05, 3.63) is 54.1 Å². The normalized spacial score (nSPS) is 24.8. The SMILES string of the molecule is CC(C#N)C1(C)CCN(Cc2ccc(-c3ccccc3)c(O)c2)CC1F. The summed E-state index contributed by atoms with van der Waals surface area (Å²) in [6.45, 7) is 5.36. The van der Waals surface area contributed by atoms with E-state index in [4.69, 9.17) is 5.26 Å². The quantitative estimate of drug-likeness (QED) is 0.862. The van der Waals surface area contributed by atoms with E-state index in [1.54, 1.807) is 6.07 Å². The molecule has 0 aromatic heterocycles. The summed E-state index contributed by atoms with van der Waals surface area (Å²) in [6.07, 6.45) is -0.361. The van der Waals surface area contributed by atoms with Crippen molar-refractivity contribution in [1.82, 2.24) is 4.90 Å². The number of phenolic OH excluding ortho intramolecular Hbond substituents is 1. The number of rotatable bonds is 4. The minimum Gasteiger partial charge on any atom is -0.507 e. The number of piperidine rings is 1. The van der Waals surface area contributed by atoms with Gasteiger partial charge < -0.3 is 5.11 Å². The van der Waals surface area contributed by atoms with Crippen molar-refractivity contribution in [1.29, 1.82) is 5.26 Å². The fourth-order valence-electron chi connectivity index (χ4n) is 3.66. The van der Waals surface area contributed by atoms with Crippen LogP contribution in [-0.4, -0.2) is 29.3 Å². The Balaban J connectivity index is 1.69. The van der Waals surface area contributed by atoms with Crippen LogP contribution in [0.2, 0.25) is 0 Å². The molecule has 0 radical (unpaired) electrons. The lowest BCUT2D eigenvalue weighted by molar-refractivity contribution is -0.00563. The van der Waals surface area contributed by atoms with Crippen LogP contribution >= 0.6 is 0 Å². The smallest absolute Gasteiger partial charge is 0.123 e. The molecule has 3 rings (SSSR count). The molecule has 1 saturated heterocycles. The van der Waals surface area contributed by atoms with Gasteiger partial charge in [-0.25, -0.2) is 4.39 Å². The third-order valence-corrected chi connectivity index (χ3v) is 5.84. The monoisotopic (exact) mass is 352 g/mol. The zero-order valence-electron chi connectivity index (χ0n) is 15.3. The summed E-state index contributed by atoms with van der Waals surface area (Å²) < 4.78 is 14.7. The molecule has 0 bridgehead atoms. The molecule has 1 aliphatic rings. The van der Waals surface area contributed by atoms with Crippen LogP contribution in [0.5, 0.6) is 5.75 Å². The number of likely N-dealkylation sites (tertiary alicyclic amines) is 1. The van der Waals surface area contributed by atoms with E-state index in [9.17, 15) is 9.50 Å². The van der Waals surface area contributed by atoms with Gasteiger partial charge in [0.15, 0.2) is 0 Å². The molecule has 1 fully saturated rings. The van der Waals surface area contributed by atoms with Crippen molar-refractivity contribution in [3.8, 4) is 22.9 Å². The molecule has 2 aromatic rings. The summed E-state index contributed by atoms with van der Waals surface area (Å²) >= 11 is 0. The molecule has 0 saturated carbocycles. The van der Waals surface area contributed by atoms with Crippen LogP contribution in [-0.2, 0) is 6.54 Å². The fraction of sp³-hybridized carbons (Fsp3) is 0.409. The second-order valence-electron chi connectivity index (χ2n) is 7.53. The van der Waals surface area contributed by atoms with Crippen molar-refractivity contribution in [2.45, 2.75) is 33.0 Å². The Kier molecular flexibility index (Phi) is 5.29. The van der Waals surface area contributed by atoms with E-state index in [0.717, 1.165) is 23.2 Å². The highest BCUT2D eigenvalue weighted by atomic mass is 19.1. The molecular weight excluding hydrogens is 327 g/mol. The third kappa shape index (κ3) is 3.59. The van der Waals surface area contributed by atoms with Crippen LogP contribution in [0.4, 0.5) is 4.39 Å². The summed E-state index contributed by atoms with van der Waals surface area (Å²) in [5.41, 5.74) is 2.16. The molecule has 1 N–H and O–H groups in total. The second kappa shape index (κ2) is 7.47. The van der Waals surface area contributed by atoms with Gasteiger partial charge in [-0.05, 0) is 37.1 Å². The van der Waals surface area contributed by atoms with Gasteiger partial charge in [-0.1, -0.05) is 49.4 Å². The lowest BCUT2D eigenvalue weighted by Gasteiger charge is -2.43. The van der Waals surface area contributed by atoms with Crippen molar-refractivity contribution < 1.29 is 9.50 Å². The van der Waals surface area contributed by atoms with Crippen LogP contribution < -0.4 is 0 Å². The van der Waals surface area contributed by atoms with Crippen molar-refractivity contribution in [3.63, 3.8) is 0 Å². The lowest BCUT2D eigenvalue weighted by Crippen LogP contribution is -2.49. The molecule has 0 amide bonds. The molecule has 0 spiro atoms. The lowest BCUT2D eigenvalue weighted by atomic mass is 9.70. The Hall–Kier alpha value is -2.38. The number of nitrogens with zero attached hydrogens (tertiary/aromatic N) is 2. The number of halogens is 1. The third-order valence-electron chi connectivity index (χ3n) is 5.84. The molecule has 0 aliphatic carbocycles. The van der Waals surface area contributed by atoms with Gasteiger partial charge in [-0.15, -0.1) is 0 Å². The van der Waals surface area contributed by atoms with E-state index in [2.05, 4.69) is 11.0 Å². The Morgan fingerprint density at radius 1 is 1.31 bits per heavy atom. The minimum absolute atomic E-state index is 0.241. The van der Waals surface area contributed by atoms with Gasteiger partial charge in [0.25, 0.3) is 0 Å². The largest absolute Gasteiger partial charge is 0.507 e. The van der Waals surface area contributed by atoms with Crippen LogP contribution in [0.3, 0.4) is 0 Å². The number of alkyl halides is 1. The highest BCUT2D eigenvalue weighted by Gasteiger charge is 2.43. The van der Waals surface area contributed by atoms with Gasteiger partial charge in [-0.3, -0.25) is 4.90 Å². The van der Waals surface area contributed by atoms with E-state index in [0.29, 0.717) is 19.5 Å². The average molecular weight is 352 g/mol. The van der Waals surface area contributed by atoms with E-state index in [1.807, 2.05) is 56.3 Å². The van der Waals surface area contributed by atoms with Crippen molar-refractivity contribution in [2.24, 2.45) is 11.3 Å². The first kappa shape index (κ1) is 18.4. The molecule has 3 nitrogen and oxygen atoms in total. The zero-order valence-corrected chi connectivity index (χ0v) is 15.3. The molecule has 2 aromatic carbocycles. The van der Waals surface area contributed by atoms with Gasteiger partial charge in [0.1, 0.15) is 11.9 Å². The summed E-state index contributed by atoms with van der Waals surface area (Å²) in [7, 11) is 0. The number of phenols is 1. The maximum atomic E-state index is 14.7. The summed E-state index contributed by atoms with van der Waals surface area (Å²) in [4.78, 5) is 2.06. The van der Waals surface area contributed by atoms with Gasteiger partial charge in [0.2, 0.25) is 0 Å². The number of hydrogen-bond acceptors (Lipinski definition) is 3. The first-order valence-electron chi connectivity index (χ1n) is 9.07. The van der Waals surface area contributed by atoms with E-state index < -0.39 is 11.6 Å². The molecule has 136 valence electrons. The first-order chi connectivity index (χ1) is 12.4. The van der Waals surface area contributed by atoms with Crippen molar-refractivity contribution in [2.75, 3.05) is 13.1 Å². The van der Waals surface area contributed by atoms with Crippen LogP contribution in [0.25, 0.3) is 11.1 Å². The standard InChI is InChI=1S/C22H25FN2O/c1-16(13-24)22(2)10-11-25(15-21(22)23)14-17-8-9-19(20(26)12-17)18-6-4-3-5-7-18/h3-9,12,16,21,26H,10-11,14-15H2,1-2H3. The fourth-order valence-corrected chi connectivity index (χ4v) is 3.66. The van der Waals surface area contributed by atoms with Gasteiger partial charge in [0, 0.05) is 24.1 Å². The maximum absolute atomic E-state index is 14.7. The van der Waals surface area contributed by atoms with Gasteiger partial charge in [0.05, 0.1) is 12.0 Å². The summed E-state index contributed by atoms with van der Waals surface area (Å²) in [5, 5.41) is 19.5. The number of aromatic hydroxyl groups is 1. The molecule has 3 atom stereocenters. The maximum Gasteiger partial charge on any atom is 0.123 e. The van der Waals surface area contributed by atoms with Gasteiger partial charge in [-0.2, -0.15) is 5.26 Å². The number of nitriles is 1. The Morgan fingerprint density at radius 2 is 2.04 bits per heavy atom. The molecule has 3 unspecified atom stereocenters. The predicted octanol–water partition coefficient (Wildman–Crippen LogP) is 4.77. The molecular formula is C22H25FN2O. The topological polar surface area (TPSA) is 47.3 Å². The second-order valence-corrected chi connectivity index (χ2v) is 7.53. The average Bonchev–Trinajstić information content (AvgIpc) is 2.65. The van der Waals surface area contributed by atoms with E-state index in [1.165, 1.54) is 0 Å². The number of benzene rings is 2. The highest BCUT2D eigenvalue weighted by Crippen LogP contribution is 2.40. The van der Waals surface area contributed by atoms with Crippen molar-refractivity contribution >= 4 is 0 Å². The highest BCUT2D eigenvalue weighted by molar-refractivity contribution is 5.70. The Morgan fingerprint density at radius 3 is 2.65 bits per heavy atom. The zero-order chi connectivity index (χ0) is 18.7. The van der Waals surface area contributed by atoms with Crippen LogP contribution in [0, 0.1) is 22.7 Å². The van der Waals surface area contributed by atoms with Crippen LogP contribution in [0.1, 0.15) is 25.8 Å². The van der Waals surface area contributed by atoms with Gasteiger partial charge >= 0.3 is 0 Å². The van der Waals surface area contributed by atoms with E-state index >= 15 is 0 Å². The molecule has 1 heterocycles. The predicted molar refractivity (Wildman–Crippen MR) is 101 cm³/mol. The van der Waals surface area contributed by atoms with E-state index in [-0.39, 0.29) is 11.7 Å². The number of hydrogen-bond donors (Lipinski definition) is 1. The van der Waals surface area contributed by atoms with Crippen LogP contribution in [0.15, 0.2) is 48.5 Å². The first-order valence-corrected chi connectivity index (χ1v) is 9.07.